The minimum Gasteiger partial charge on any atom is -0.497 e. The van der Waals surface area contributed by atoms with Gasteiger partial charge in [0, 0.05) is 52.8 Å². The number of methoxy groups -OCH3 is 1. The molecule has 49 heavy (non-hydrogen) atoms. The number of hydrogen-bond acceptors (Lipinski definition) is 10. The Morgan fingerprint density at radius 1 is 1.02 bits per heavy atom. The van der Waals surface area contributed by atoms with E-state index >= 15 is 0 Å². The number of carbonyl (C=O) groups excluding carboxylic acids is 4. The summed E-state index contributed by atoms with van der Waals surface area (Å²) in [5.41, 5.74) is 4.54. The van der Waals surface area contributed by atoms with Crippen LogP contribution in [0, 0.1) is 11.7 Å². The zero-order valence-electron chi connectivity index (χ0n) is 26.6. The lowest BCUT2D eigenvalue weighted by Crippen LogP contribution is -2.62. The number of esters is 2. The first-order valence-electron chi connectivity index (χ1n) is 15.5. The number of thioether (sulfide) groups is 1. The minimum absolute atomic E-state index is 0.0388. The largest absolute Gasteiger partial charge is 0.497 e. The van der Waals surface area contributed by atoms with Gasteiger partial charge in [-0.3, -0.25) is 19.3 Å². The number of benzene rings is 3. The molecular formula is C36H31FN2O9S. The third kappa shape index (κ3) is 6.33. The summed E-state index contributed by atoms with van der Waals surface area (Å²) in [6.07, 6.45) is -0.0725. The van der Waals surface area contributed by atoms with Crippen molar-refractivity contribution in [2.45, 2.75) is 31.9 Å². The van der Waals surface area contributed by atoms with Crippen LogP contribution >= 0.6 is 11.8 Å². The molecule has 1 saturated heterocycles. The van der Waals surface area contributed by atoms with Crippen molar-refractivity contribution in [3.8, 4) is 28.5 Å². The molecule has 0 radical (unpaired) electrons. The van der Waals surface area contributed by atoms with Crippen LogP contribution in [0.25, 0.3) is 22.2 Å². The van der Waals surface area contributed by atoms with Gasteiger partial charge in [0.15, 0.2) is 5.78 Å². The molecule has 0 saturated carbocycles. The summed E-state index contributed by atoms with van der Waals surface area (Å²) in [4.78, 5) is 56.0. The Morgan fingerprint density at radius 2 is 1.82 bits per heavy atom. The highest BCUT2D eigenvalue weighted by atomic mass is 32.2. The van der Waals surface area contributed by atoms with Crippen LogP contribution in [0.5, 0.6) is 17.2 Å². The van der Waals surface area contributed by atoms with Crippen molar-refractivity contribution in [2.24, 2.45) is 5.92 Å². The van der Waals surface area contributed by atoms with E-state index in [1.165, 1.54) is 35.7 Å². The predicted octanol–water partition coefficient (Wildman–Crippen LogP) is 5.30. The molecule has 11 nitrogen and oxygen atoms in total. The van der Waals surface area contributed by atoms with Gasteiger partial charge in [-0.2, -0.15) is 0 Å². The summed E-state index contributed by atoms with van der Waals surface area (Å²) in [5, 5.41) is 0.303. The fraction of sp³-hybridized carbons (Fsp3) is 0.278. The molecule has 13 heteroatoms. The number of aromatic amines is 1. The summed E-state index contributed by atoms with van der Waals surface area (Å²) in [6, 6.07) is 16.8. The smallest absolute Gasteiger partial charge is 0.355 e. The van der Waals surface area contributed by atoms with Crippen molar-refractivity contribution in [1.29, 1.82) is 0 Å². The van der Waals surface area contributed by atoms with Crippen molar-refractivity contribution in [3.63, 3.8) is 0 Å². The highest BCUT2D eigenvalue weighted by Crippen LogP contribution is 2.46. The number of H-pyrrole nitrogens is 1. The molecular weight excluding hydrogens is 655 g/mol. The summed E-state index contributed by atoms with van der Waals surface area (Å²) < 4.78 is 41.5. The SMILES string of the molecule is COc1ccc(COC(=O)C2=C(COC(C)=O)CSC3C(CC(=O)COc4ccc5c(c4)OCc4c-5[nH]c5ccc(F)cc45)C(=O)N23)cc1. The van der Waals surface area contributed by atoms with Crippen molar-refractivity contribution >= 4 is 46.3 Å². The first kappa shape index (κ1) is 32.3. The molecule has 3 aromatic carbocycles. The van der Waals surface area contributed by atoms with E-state index in [1.807, 2.05) is 6.07 Å². The van der Waals surface area contributed by atoms with Crippen LogP contribution in [0.1, 0.15) is 24.5 Å². The van der Waals surface area contributed by atoms with Crippen LogP contribution in [0.4, 0.5) is 4.39 Å². The lowest BCUT2D eigenvalue weighted by molar-refractivity contribution is -0.156. The number of hydrogen-bond donors (Lipinski definition) is 1. The number of nitrogens with zero attached hydrogens (tertiary/aromatic N) is 1. The summed E-state index contributed by atoms with van der Waals surface area (Å²) >= 11 is 1.39. The molecule has 2 unspecified atom stereocenters. The first-order valence-corrected chi connectivity index (χ1v) is 16.6. The topological polar surface area (TPSA) is 133 Å². The number of halogens is 1. The highest BCUT2D eigenvalue weighted by molar-refractivity contribution is 8.00. The fourth-order valence-electron chi connectivity index (χ4n) is 6.18. The van der Waals surface area contributed by atoms with Crippen molar-refractivity contribution in [2.75, 3.05) is 26.1 Å². The number of β-lactam (4-membered cyclic amide) rings is 1. The van der Waals surface area contributed by atoms with Crippen LogP contribution in [-0.4, -0.2) is 65.0 Å². The lowest BCUT2D eigenvalue weighted by atomic mass is 9.90. The van der Waals surface area contributed by atoms with Crippen molar-refractivity contribution in [1.82, 2.24) is 9.88 Å². The maximum Gasteiger partial charge on any atom is 0.355 e. The highest BCUT2D eigenvalue weighted by Gasteiger charge is 2.54. The number of ether oxygens (including phenoxy) is 5. The average Bonchev–Trinajstić information content (AvgIpc) is 3.48. The average molecular weight is 687 g/mol. The number of amides is 1. The maximum absolute atomic E-state index is 13.9. The second kappa shape index (κ2) is 13.3. The summed E-state index contributed by atoms with van der Waals surface area (Å²) in [5.74, 6) is -0.922. The van der Waals surface area contributed by atoms with Gasteiger partial charge in [-0.25, -0.2) is 9.18 Å². The molecule has 0 spiro atoms. The van der Waals surface area contributed by atoms with Crippen LogP contribution in [0.15, 0.2) is 71.9 Å². The third-order valence-corrected chi connectivity index (χ3v) is 10.0. The molecule has 1 fully saturated rings. The number of nitrogens with one attached hydrogen (secondary N) is 1. The quantitative estimate of drug-likeness (QED) is 0.164. The fourth-order valence-corrected chi connectivity index (χ4v) is 7.58. The van der Waals surface area contributed by atoms with Gasteiger partial charge in [0.25, 0.3) is 0 Å². The van der Waals surface area contributed by atoms with Crippen LogP contribution in [0.2, 0.25) is 0 Å². The number of ketones is 1. The standard InChI is InChI=1S/C36H31FN2O9S/c1-19(40)45-15-21-18-49-35-28(34(42)39(35)33(21)36(43)48-14-20-3-6-24(44-2)7-4-20)12-23(41)16-46-25-8-9-26-31(13-25)47-17-29-27-11-22(37)5-10-30(27)38-32(26)29/h3-11,13,28,35,38H,12,14-18H2,1-2H3. The van der Waals surface area contributed by atoms with Gasteiger partial charge in [-0.1, -0.05) is 12.1 Å². The monoisotopic (exact) mass is 686 g/mol. The van der Waals surface area contributed by atoms with E-state index in [-0.39, 0.29) is 50.1 Å². The molecule has 4 heterocycles. The number of aromatic nitrogens is 1. The molecule has 3 aliphatic rings. The van der Waals surface area contributed by atoms with Gasteiger partial charge in [-0.15, -0.1) is 11.8 Å². The van der Waals surface area contributed by atoms with E-state index in [2.05, 4.69) is 4.98 Å². The van der Waals surface area contributed by atoms with E-state index in [0.29, 0.717) is 28.6 Å². The van der Waals surface area contributed by atoms with Gasteiger partial charge >= 0.3 is 11.9 Å². The zero-order valence-corrected chi connectivity index (χ0v) is 27.4. The van der Waals surface area contributed by atoms with E-state index in [0.717, 1.165) is 33.3 Å². The molecule has 4 aromatic rings. The normalized spacial score (nSPS) is 17.7. The number of Topliss-reactive ketones (excluding diaryl/α,β-unsaturated/α-hetero) is 1. The van der Waals surface area contributed by atoms with Crippen LogP contribution in [0.3, 0.4) is 0 Å². The Labute approximate surface area is 284 Å². The molecule has 2 atom stereocenters. The van der Waals surface area contributed by atoms with Crippen molar-refractivity contribution in [3.05, 3.63) is 88.9 Å². The second-order valence-electron chi connectivity index (χ2n) is 11.8. The molecule has 252 valence electrons. The van der Waals surface area contributed by atoms with Gasteiger partial charge in [0.05, 0.1) is 24.1 Å². The Bertz CT molecular complexity index is 2020. The molecule has 1 amide bonds. The summed E-state index contributed by atoms with van der Waals surface area (Å²) in [7, 11) is 1.55. The Kier molecular flexibility index (Phi) is 8.76. The third-order valence-electron chi connectivity index (χ3n) is 8.64. The Balaban J connectivity index is 0.988. The Morgan fingerprint density at radius 3 is 2.59 bits per heavy atom. The van der Waals surface area contributed by atoms with E-state index < -0.39 is 29.1 Å². The zero-order chi connectivity index (χ0) is 34.2. The van der Waals surface area contributed by atoms with E-state index in [9.17, 15) is 23.6 Å². The lowest BCUT2D eigenvalue weighted by Gasteiger charge is -2.49. The first-order chi connectivity index (χ1) is 23.7. The maximum atomic E-state index is 13.9. The molecule has 1 aromatic heterocycles. The number of fused-ring (bicyclic) bond motifs is 6. The van der Waals surface area contributed by atoms with E-state index in [4.69, 9.17) is 23.7 Å². The predicted molar refractivity (Wildman–Crippen MR) is 176 cm³/mol. The van der Waals surface area contributed by atoms with Crippen LogP contribution in [-0.2, 0) is 41.9 Å². The molecule has 3 aliphatic heterocycles. The second-order valence-corrected chi connectivity index (χ2v) is 12.9. The number of carbonyl (C=O) groups is 4. The van der Waals surface area contributed by atoms with Crippen LogP contribution < -0.4 is 14.2 Å². The van der Waals surface area contributed by atoms with Gasteiger partial charge in [-0.05, 0) is 48.0 Å². The molecule has 7 rings (SSSR count). The molecule has 0 aliphatic carbocycles. The summed E-state index contributed by atoms with van der Waals surface area (Å²) in [6.45, 7) is 1.05. The molecule has 0 bridgehead atoms. The molecule has 1 N–H and O–H groups in total. The van der Waals surface area contributed by atoms with Gasteiger partial charge in [0.1, 0.15) is 55.2 Å². The van der Waals surface area contributed by atoms with Gasteiger partial charge < -0.3 is 28.7 Å². The minimum atomic E-state index is -0.717. The van der Waals surface area contributed by atoms with Gasteiger partial charge in [0.2, 0.25) is 5.91 Å². The Hall–Kier alpha value is -5.30. The number of rotatable bonds is 11. The van der Waals surface area contributed by atoms with E-state index in [1.54, 1.807) is 49.6 Å². The van der Waals surface area contributed by atoms with Crippen molar-refractivity contribution < 1.29 is 47.3 Å².